The molecule has 0 spiro atoms. The van der Waals surface area contributed by atoms with Crippen molar-refractivity contribution in [2.24, 2.45) is 0 Å². The van der Waals surface area contributed by atoms with Crippen molar-refractivity contribution < 1.29 is 0 Å². The normalized spacial score (nSPS) is 14.4. The van der Waals surface area contributed by atoms with E-state index in [2.05, 4.69) is 168 Å². The van der Waals surface area contributed by atoms with E-state index < -0.39 is 0 Å². The SMILES string of the molecule is CC(C)(C)c1ccc2c(c1)c1ccc3c4c5cc(C(C)(C)C)ccc5c4c4c5c6ccc(C(C)(C)C)cc6c5c5c6cc(C(C)(C)C)ccc6c6c2c1c3c4c65. The topological polar surface area (TPSA) is 0 Å². The van der Waals surface area contributed by atoms with Crippen LogP contribution in [0.3, 0.4) is 0 Å². The highest BCUT2D eigenvalue weighted by Crippen LogP contribution is 2.61. The van der Waals surface area contributed by atoms with E-state index in [0.29, 0.717) is 0 Å². The Labute approximate surface area is 329 Å². The van der Waals surface area contributed by atoms with Crippen LogP contribution < -0.4 is 0 Å². The van der Waals surface area contributed by atoms with Gasteiger partial charge >= 0.3 is 0 Å². The van der Waals surface area contributed by atoms with Gasteiger partial charge in [0.2, 0.25) is 0 Å². The number of fused-ring (bicyclic) bond motifs is 19. The Balaban J connectivity index is 1.44. The second kappa shape index (κ2) is 9.66. The summed E-state index contributed by atoms with van der Waals surface area (Å²) in [6.07, 6.45) is 0. The van der Waals surface area contributed by atoms with Crippen LogP contribution in [-0.4, -0.2) is 0 Å². The van der Waals surface area contributed by atoms with E-state index in [9.17, 15) is 0 Å². The summed E-state index contributed by atoms with van der Waals surface area (Å²) in [5.41, 5.74) is 5.84. The quantitative estimate of drug-likeness (QED) is 0.137. The van der Waals surface area contributed by atoms with Crippen molar-refractivity contribution in [1.29, 1.82) is 0 Å². The first kappa shape index (κ1) is 33.0. The minimum absolute atomic E-state index is 0.0395. The number of benzene rings is 8. The van der Waals surface area contributed by atoms with Crippen LogP contribution in [0.5, 0.6) is 0 Å². The molecule has 12 aromatic carbocycles. The third-order valence-electron chi connectivity index (χ3n) is 14.2. The van der Waals surface area contributed by atoms with E-state index in [1.165, 1.54) is 141 Å². The highest BCUT2D eigenvalue weighted by Gasteiger charge is 2.33. The Kier molecular flexibility index (Phi) is 5.69. The molecule has 0 heteroatoms. The highest BCUT2D eigenvalue weighted by molar-refractivity contribution is 6.62. The fourth-order valence-electron chi connectivity index (χ4n) is 11.1. The summed E-state index contributed by atoms with van der Waals surface area (Å²) in [5.74, 6) is 0. The van der Waals surface area contributed by atoms with Crippen molar-refractivity contribution in [2.75, 3.05) is 0 Å². The van der Waals surface area contributed by atoms with Gasteiger partial charge in [-0.15, -0.1) is 0 Å². The first-order chi connectivity index (χ1) is 26.3. The molecule has 0 heterocycles. The van der Waals surface area contributed by atoms with Crippen molar-refractivity contribution in [2.45, 2.75) is 105 Å². The smallest absolute Gasteiger partial charge is 0.0000246 e. The minimum atomic E-state index is 0.0395. The molecule has 0 radical (unpaired) electrons. The van der Waals surface area contributed by atoms with Crippen LogP contribution in [0.2, 0.25) is 0 Å². The van der Waals surface area contributed by atoms with E-state index >= 15 is 0 Å². The predicted molar refractivity (Wildman–Crippen MR) is 250 cm³/mol. The Hall–Kier alpha value is -5.20. The van der Waals surface area contributed by atoms with E-state index in [-0.39, 0.29) is 21.7 Å². The van der Waals surface area contributed by atoms with Gasteiger partial charge in [-0.25, -0.2) is 0 Å². The average Bonchev–Trinajstić information content (AvgIpc) is 3.61. The predicted octanol–water partition coefficient (Wildman–Crippen LogP) is 16.8. The number of hydrogen-bond donors (Lipinski definition) is 0. The van der Waals surface area contributed by atoms with E-state index in [1.54, 1.807) is 0 Å². The Morgan fingerprint density at radius 2 is 0.411 bits per heavy atom. The molecule has 0 aromatic heterocycles. The molecule has 0 atom stereocenters. The Morgan fingerprint density at radius 1 is 0.196 bits per heavy atom. The maximum absolute atomic E-state index is 2.57. The van der Waals surface area contributed by atoms with Crippen LogP contribution in [0.25, 0.3) is 118 Å². The number of hydrogen-bond acceptors (Lipinski definition) is 0. The van der Waals surface area contributed by atoms with Crippen molar-refractivity contribution in [3.8, 4) is 0 Å². The standard InChI is InChI=1S/C56H50/c1-53(2,3)27-13-17-31-37(23-27)32-21-22-36-41-38-24-28(54(4,5)6)14-18-33(38)42(41)50-46-34-19-15-29(55(7,8)9)25-39(34)48(46)49-40-26-30(56(10,11)12)16-20-35(40)45-43(31)44(32)47(36)52(50)51(45)49/h13-26H,1-12H3. The molecule has 0 unspecified atom stereocenters. The zero-order valence-corrected chi connectivity index (χ0v) is 35.1. The molecule has 0 N–H and O–H groups in total. The van der Waals surface area contributed by atoms with Gasteiger partial charge in [0, 0.05) is 0 Å². The third-order valence-corrected chi connectivity index (χ3v) is 14.2. The molecule has 0 fully saturated rings. The second-order valence-electron chi connectivity index (χ2n) is 21.7. The van der Waals surface area contributed by atoms with E-state index in [4.69, 9.17) is 0 Å². The van der Waals surface area contributed by atoms with Gasteiger partial charge < -0.3 is 0 Å². The van der Waals surface area contributed by atoms with Gasteiger partial charge in [0.1, 0.15) is 0 Å². The zero-order valence-electron chi connectivity index (χ0n) is 35.1. The highest BCUT2D eigenvalue weighted by atomic mass is 14.4. The van der Waals surface area contributed by atoms with Gasteiger partial charge in [0.15, 0.2) is 0 Å². The molecular formula is C56H50. The summed E-state index contributed by atoms with van der Waals surface area (Å²) in [6, 6.07) is 34.6. The van der Waals surface area contributed by atoms with Crippen LogP contribution in [0.1, 0.15) is 105 Å². The molecule has 0 saturated heterocycles. The third kappa shape index (κ3) is 3.78. The molecule has 0 nitrogen and oxygen atoms in total. The van der Waals surface area contributed by atoms with Crippen molar-refractivity contribution >= 4 is 118 Å². The van der Waals surface area contributed by atoms with Gasteiger partial charge in [-0.2, -0.15) is 0 Å². The molecule has 0 aliphatic rings. The largest absolute Gasteiger partial charge is 0.0578 e. The lowest BCUT2D eigenvalue weighted by Crippen LogP contribution is -2.11. The van der Waals surface area contributed by atoms with Gasteiger partial charge in [-0.1, -0.05) is 144 Å². The summed E-state index contributed by atoms with van der Waals surface area (Å²) < 4.78 is 0. The molecule has 274 valence electrons. The summed E-state index contributed by atoms with van der Waals surface area (Å²) in [7, 11) is 0. The van der Waals surface area contributed by atoms with Crippen LogP contribution in [0, 0.1) is 0 Å². The molecule has 12 rings (SSSR count). The van der Waals surface area contributed by atoms with Gasteiger partial charge in [-0.05, 0) is 187 Å². The zero-order chi connectivity index (χ0) is 38.9. The molecule has 56 heavy (non-hydrogen) atoms. The summed E-state index contributed by atoms with van der Waals surface area (Å²) in [6.45, 7) is 28.2. The molecule has 0 amide bonds. The summed E-state index contributed by atoms with van der Waals surface area (Å²) in [4.78, 5) is 0. The molecule has 0 aliphatic carbocycles. The monoisotopic (exact) mass is 722 g/mol. The Morgan fingerprint density at radius 3 is 0.804 bits per heavy atom. The van der Waals surface area contributed by atoms with Crippen molar-refractivity contribution in [3.63, 3.8) is 0 Å². The van der Waals surface area contributed by atoms with E-state index in [1.807, 2.05) is 0 Å². The fraction of sp³-hybridized carbons (Fsp3) is 0.286. The summed E-state index contributed by atoms with van der Waals surface area (Å²) >= 11 is 0. The van der Waals surface area contributed by atoms with Crippen molar-refractivity contribution in [3.05, 3.63) is 107 Å². The van der Waals surface area contributed by atoms with Crippen LogP contribution in [-0.2, 0) is 21.7 Å². The van der Waals surface area contributed by atoms with Gasteiger partial charge in [-0.3, -0.25) is 0 Å². The van der Waals surface area contributed by atoms with Crippen LogP contribution in [0.4, 0.5) is 0 Å². The first-order valence-corrected chi connectivity index (χ1v) is 20.9. The minimum Gasteiger partial charge on any atom is -0.0578 e. The Bertz CT molecular complexity index is 3630. The lowest BCUT2D eigenvalue weighted by atomic mass is 9.75. The fourth-order valence-corrected chi connectivity index (χ4v) is 11.1. The van der Waals surface area contributed by atoms with Crippen molar-refractivity contribution in [1.82, 2.24) is 0 Å². The lowest BCUT2D eigenvalue weighted by molar-refractivity contribution is 0.591. The van der Waals surface area contributed by atoms with Crippen LogP contribution in [0.15, 0.2) is 84.9 Å². The van der Waals surface area contributed by atoms with Crippen LogP contribution >= 0.6 is 0 Å². The molecular weight excluding hydrogens is 673 g/mol. The number of rotatable bonds is 0. The first-order valence-electron chi connectivity index (χ1n) is 20.9. The maximum atomic E-state index is 2.57. The molecule has 0 aliphatic heterocycles. The average molecular weight is 723 g/mol. The van der Waals surface area contributed by atoms with Gasteiger partial charge in [0.25, 0.3) is 0 Å². The van der Waals surface area contributed by atoms with E-state index in [0.717, 1.165) is 0 Å². The molecule has 0 saturated carbocycles. The summed E-state index contributed by atoms with van der Waals surface area (Å²) in [5, 5.41) is 31.7. The molecule has 12 aromatic rings. The molecule has 0 bridgehead atoms. The second-order valence-corrected chi connectivity index (χ2v) is 21.7. The van der Waals surface area contributed by atoms with Gasteiger partial charge in [0.05, 0.1) is 0 Å². The lowest BCUT2D eigenvalue weighted by Gasteiger charge is -2.28. The maximum Gasteiger partial charge on any atom is -0.0000246 e.